The molecule has 0 amide bonds. The molecule has 13 heteroatoms. The van der Waals surface area contributed by atoms with Gasteiger partial charge in [0.2, 0.25) is 5.75 Å². The Balaban J connectivity index is 0.000000264. The number of nitro benzene ring substituents is 1. The van der Waals surface area contributed by atoms with E-state index in [1.165, 1.54) is 47.7 Å². The van der Waals surface area contributed by atoms with E-state index in [9.17, 15) is 18.9 Å². The zero-order valence-electron chi connectivity index (χ0n) is 19.7. The molecule has 0 saturated carbocycles. The molecule has 188 valence electrons. The number of aromatic nitrogens is 1. The summed E-state index contributed by atoms with van der Waals surface area (Å²) in [6.45, 7) is 3.39. The molecule has 2 aromatic carbocycles. The van der Waals surface area contributed by atoms with Crippen molar-refractivity contribution in [2.24, 2.45) is 0 Å². The van der Waals surface area contributed by atoms with Gasteiger partial charge in [0.15, 0.2) is 23.0 Å². The van der Waals surface area contributed by atoms with Crippen LogP contribution in [0.15, 0.2) is 28.7 Å². The molecule has 0 saturated heterocycles. The standard InChI is InChI=1S/C9H8FNO2.C7H6FNO4.C5H12O3/c1-5-11-7-3-6(10)4-8(12-2)9(7)13-5;1-13-6-3-4(8)2-5(7(6)10)9(11)12;1-5(6-2,7-3)8-4/h3-4H,1-2H3;2-3,10H,1H3;1-4H3. The summed E-state index contributed by atoms with van der Waals surface area (Å²) in [4.78, 5) is 13.4. The molecule has 0 spiro atoms. The molecule has 3 rings (SSSR count). The van der Waals surface area contributed by atoms with Crippen molar-refractivity contribution in [1.29, 1.82) is 0 Å². The second kappa shape index (κ2) is 12.6. The first-order valence-electron chi connectivity index (χ1n) is 9.42. The third-order valence-corrected chi connectivity index (χ3v) is 4.30. The average Bonchev–Trinajstić information content (AvgIpc) is 3.19. The number of phenolic OH excluding ortho intramolecular Hbond substituents is 1. The summed E-state index contributed by atoms with van der Waals surface area (Å²) >= 11 is 0. The van der Waals surface area contributed by atoms with Gasteiger partial charge in [0.05, 0.1) is 25.2 Å². The van der Waals surface area contributed by atoms with E-state index in [0.717, 1.165) is 6.07 Å². The van der Waals surface area contributed by atoms with Crippen LogP contribution in [0.25, 0.3) is 11.1 Å². The predicted octanol–water partition coefficient (Wildman–Crippen LogP) is 4.33. The molecule has 0 atom stereocenters. The topological polar surface area (TPSA) is 136 Å². The van der Waals surface area contributed by atoms with Gasteiger partial charge in [-0.25, -0.2) is 13.8 Å². The van der Waals surface area contributed by atoms with Crippen LogP contribution in [0.1, 0.15) is 12.8 Å². The lowest BCUT2D eigenvalue weighted by Gasteiger charge is -2.23. The molecule has 3 aromatic rings. The number of aromatic hydroxyl groups is 1. The van der Waals surface area contributed by atoms with E-state index in [1.54, 1.807) is 13.8 Å². The van der Waals surface area contributed by atoms with E-state index in [-0.39, 0.29) is 11.6 Å². The van der Waals surface area contributed by atoms with Gasteiger partial charge in [-0.2, -0.15) is 0 Å². The van der Waals surface area contributed by atoms with Gasteiger partial charge in [-0.05, 0) is 0 Å². The number of halogens is 2. The maximum absolute atomic E-state index is 12.9. The molecule has 0 aliphatic heterocycles. The number of nitrogens with zero attached hydrogens (tertiary/aromatic N) is 2. The molecule has 1 aromatic heterocycles. The minimum Gasteiger partial charge on any atom is -0.500 e. The second-order valence-corrected chi connectivity index (χ2v) is 6.40. The summed E-state index contributed by atoms with van der Waals surface area (Å²) in [6.07, 6.45) is 0. The number of hydrogen-bond donors (Lipinski definition) is 1. The van der Waals surface area contributed by atoms with Crippen LogP contribution >= 0.6 is 0 Å². The van der Waals surface area contributed by atoms with E-state index in [2.05, 4.69) is 9.72 Å². The van der Waals surface area contributed by atoms with E-state index in [1.807, 2.05) is 0 Å². The third-order valence-electron chi connectivity index (χ3n) is 4.30. The lowest BCUT2D eigenvalue weighted by atomic mass is 10.2. The van der Waals surface area contributed by atoms with E-state index < -0.39 is 28.2 Å². The first kappa shape index (κ1) is 28.5. The molecular formula is C21H26F2N2O9. The average molecular weight is 488 g/mol. The van der Waals surface area contributed by atoms with Crippen molar-refractivity contribution in [3.05, 3.63) is 51.9 Å². The molecule has 0 bridgehead atoms. The fourth-order valence-corrected chi connectivity index (χ4v) is 2.34. The van der Waals surface area contributed by atoms with Crippen LogP contribution < -0.4 is 9.47 Å². The first-order chi connectivity index (χ1) is 15.9. The molecule has 11 nitrogen and oxygen atoms in total. The van der Waals surface area contributed by atoms with Crippen molar-refractivity contribution in [2.45, 2.75) is 19.8 Å². The van der Waals surface area contributed by atoms with Gasteiger partial charge in [-0.1, -0.05) is 0 Å². The number of rotatable bonds is 6. The summed E-state index contributed by atoms with van der Waals surface area (Å²) in [5.74, 6) is -2.14. The van der Waals surface area contributed by atoms with E-state index in [0.29, 0.717) is 28.8 Å². The molecule has 0 radical (unpaired) electrons. The second-order valence-electron chi connectivity index (χ2n) is 6.40. The number of nitro groups is 1. The van der Waals surface area contributed by atoms with Gasteiger partial charge < -0.3 is 33.2 Å². The number of benzene rings is 2. The highest BCUT2D eigenvalue weighted by Crippen LogP contribution is 2.36. The van der Waals surface area contributed by atoms with Crippen LogP contribution in [0.3, 0.4) is 0 Å². The normalized spacial score (nSPS) is 10.6. The molecular weight excluding hydrogens is 462 g/mol. The summed E-state index contributed by atoms with van der Waals surface area (Å²) in [5.41, 5.74) is 0.257. The molecule has 0 aliphatic rings. The third kappa shape index (κ3) is 7.50. The summed E-state index contributed by atoms with van der Waals surface area (Å²) in [6, 6.07) is 4.07. The fraction of sp³-hybridized carbons (Fsp3) is 0.381. The zero-order valence-corrected chi connectivity index (χ0v) is 19.7. The monoisotopic (exact) mass is 488 g/mol. The van der Waals surface area contributed by atoms with Crippen LogP contribution in [0.2, 0.25) is 0 Å². The largest absolute Gasteiger partial charge is 0.500 e. The lowest BCUT2D eigenvalue weighted by Crippen LogP contribution is -2.31. The van der Waals surface area contributed by atoms with Gasteiger partial charge in [-0.15, -0.1) is 0 Å². The SMILES string of the molecule is COC(C)(OC)OC.COc1cc(F)cc([N+](=O)[O-])c1O.COc1cc(F)cc2nc(C)oc12. The van der Waals surface area contributed by atoms with Crippen molar-refractivity contribution in [2.75, 3.05) is 35.5 Å². The summed E-state index contributed by atoms with van der Waals surface area (Å²) in [7, 11) is 7.21. The summed E-state index contributed by atoms with van der Waals surface area (Å²) < 4.78 is 54.7. The Hall–Kier alpha value is -3.55. The Morgan fingerprint density at radius 1 is 0.971 bits per heavy atom. The number of oxazole rings is 1. The maximum Gasteiger partial charge on any atom is 0.317 e. The minimum atomic E-state index is -0.888. The number of fused-ring (bicyclic) bond motifs is 1. The Bertz CT molecular complexity index is 1090. The molecule has 34 heavy (non-hydrogen) atoms. The van der Waals surface area contributed by atoms with Crippen LogP contribution in [0, 0.1) is 28.7 Å². The molecule has 0 aliphatic carbocycles. The Morgan fingerprint density at radius 3 is 1.91 bits per heavy atom. The molecule has 1 heterocycles. The van der Waals surface area contributed by atoms with Crippen molar-refractivity contribution >= 4 is 16.8 Å². The van der Waals surface area contributed by atoms with Crippen LogP contribution in [0.4, 0.5) is 14.5 Å². The number of aryl methyl sites for hydroxylation is 1. The van der Waals surface area contributed by atoms with Gasteiger partial charge in [0.1, 0.15) is 17.2 Å². The number of ether oxygens (including phenoxy) is 5. The number of hydrogen-bond acceptors (Lipinski definition) is 10. The van der Waals surface area contributed by atoms with Crippen LogP contribution in [0.5, 0.6) is 17.2 Å². The van der Waals surface area contributed by atoms with E-state index in [4.69, 9.17) is 28.5 Å². The van der Waals surface area contributed by atoms with Gasteiger partial charge in [0, 0.05) is 53.4 Å². The highest BCUT2D eigenvalue weighted by atomic mass is 19.1. The first-order valence-corrected chi connectivity index (χ1v) is 9.42. The van der Waals surface area contributed by atoms with Gasteiger partial charge in [0.25, 0.3) is 5.97 Å². The number of phenols is 1. The maximum atomic E-state index is 12.9. The van der Waals surface area contributed by atoms with E-state index >= 15 is 0 Å². The van der Waals surface area contributed by atoms with Gasteiger partial charge in [-0.3, -0.25) is 10.1 Å². The van der Waals surface area contributed by atoms with Crippen molar-refractivity contribution < 1.29 is 46.9 Å². The summed E-state index contributed by atoms with van der Waals surface area (Å²) in [5, 5.41) is 19.4. The minimum absolute atomic E-state index is 0.258. The Morgan fingerprint density at radius 2 is 1.47 bits per heavy atom. The molecule has 0 fully saturated rings. The fourth-order valence-electron chi connectivity index (χ4n) is 2.34. The lowest BCUT2D eigenvalue weighted by molar-refractivity contribution is -0.386. The van der Waals surface area contributed by atoms with Crippen LogP contribution in [-0.2, 0) is 14.2 Å². The van der Waals surface area contributed by atoms with Crippen molar-refractivity contribution in [3.8, 4) is 17.2 Å². The Kier molecular flexibility index (Phi) is 10.6. The molecule has 1 N–H and O–H groups in total. The van der Waals surface area contributed by atoms with Crippen LogP contribution in [-0.4, -0.2) is 56.5 Å². The highest BCUT2D eigenvalue weighted by Gasteiger charge is 2.20. The zero-order chi connectivity index (χ0) is 26.1. The Labute approximate surface area is 193 Å². The molecule has 0 unspecified atom stereocenters. The van der Waals surface area contributed by atoms with Gasteiger partial charge >= 0.3 is 5.69 Å². The van der Waals surface area contributed by atoms with Crippen molar-refractivity contribution in [3.63, 3.8) is 0 Å². The quantitative estimate of drug-likeness (QED) is 0.303. The highest BCUT2D eigenvalue weighted by molar-refractivity contribution is 5.79. The predicted molar refractivity (Wildman–Crippen MR) is 116 cm³/mol. The smallest absolute Gasteiger partial charge is 0.317 e. The van der Waals surface area contributed by atoms with Crippen molar-refractivity contribution in [1.82, 2.24) is 4.98 Å². The number of methoxy groups -OCH3 is 5.